The van der Waals surface area contributed by atoms with Crippen molar-refractivity contribution >= 4 is 11.9 Å². The zero-order valence-electron chi connectivity index (χ0n) is 13.0. The standard InChI is InChI=1S/C16H23NO4/c1-16(2,10-15(19)20)9-14(18)17(3)11-12-6-5-7-13(8-12)21-4/h5-8H,9-11H2,1-4H3,(H,19,20). The summed E-state index contributed by atoms with van der Waals surface area (Å²) in [5.74, 6) is -0.202. The molecule has 5 nitrogen and oxygen atoms in total. The fourth-order valence-corrected chi connectivity index (χ4v) is 2.15. The van der Waals surface area contributed by atoms with E-state index in [0.29, 0.717) is 6.54 Å². The zero-order chi connectivity index (χ0) is 16.0. The Kier molecular flexibility index (Phi) is 5.76. The predicted octanol–water partition coefficient (Wildman–Crippen LogP) is 2.54. The van der Waals surface area contributed by atoms with Crippen molar-refractivity contribution in [2.24, 2.45) is 5.41 Å². The van der Waals surface area contributed by atoms with Crippen molar-refractivity contribution < 1.29 is 19.4 Å². The van der Waals surface area contributed by atoms with Gasteiger partial charge >= 0.3 is 5.97 Å². The van der Waals surface area contributed by atoms with E-state index in [-0.39, 0.29) is 18.7 Å². The van der Waals surface area contributed by atoms with Gasteiger partial charge in [0.15, 0.2) is 0 Å². The van der Waals surface area contributed by atoms with Gasteiger partial charge in [-0.25, -0.2) is 0 Å². The number of amides is 1. The second kappa shape index (κ2) is 7.11. The number of benzene rings is 1. The molecule has 0 radical (unpaired) electrons. The SMILES string of the molecule is COc1cccc(CN(C)C(=O)CC(C)(C)CC(=O)O)c1. The molecule has 0 atom stereocenters. The molecular formula is C16H23NO4. The maximum absolute atomic E-state index is 12.2. The second-order valence-corrected chi connectivity index (χ2v) is 6.01. The highest BCUT2D eigenvalue weighted by Gasteiger charge is 2.26. The van der Waals surface area contributed by atoms with Crippen LogP contribution in [0.25, 0.3) is 0 Å². The Morgan fingerprint density at radius 1 is 1.29 bits per heavy atom. The van der Waals surface area contributed by atoms with Crippen LogP contribution in [0.15, 0.2) is 24.3 Å². The van der Waals surface area contributed by atoms with Crippen molar-refractivity contribution in [1.82, 2.24) is 4.90 Å². The minimum absolute atomic E-state index is 0.0221. The van der Waals surface area contributed by atoms with Crippen molar-refractivity contribution in [2.75, 3.05) is 14.2 Å². The van der Waals surface area contributed by atoms with Gasteiger partial charge in [0.2, 0.25) is 5.91 Å². The topological polar surface area (TPSA) is 66.8 Å². The number of carboxylic acids is 1. The summed E-state index contributed by atoms with van der Waals surface area (Å²) in [6.45, 7) is 4.05. The summed E-state index contributed by atoms with van der Waals surface area (Å²) < 4.78 is 5.15. The van der Waals surface area contributed by atoms with Gasteiger partial charge in [-0.15, -0.1) is 0 Å². The van der Waals surface area contributed by atoms with Gasteiger partial charge in [-0.1, -0.05) is 26.0 Å². The van der Waals surface area contributed by atoms with Gasteiger partial charge in [0.25, 0.3) is 0 Å². The average Bonchev–Trinajstić information content (AvgIpc) is 2.36. The van der Waals surface area contributed by atoms with Crippen LogP contribution in [0, 0.1) is 5.41 Å². The first-order chi connectivity index (χ1) is 9.73. The lowest BCUT2D eigenvalue weighted by molar-refractivity contribution is -0.140. The molecule has 0 spiro atoms. The van der Waals surface area contributed by atoms with E-state index in [0.717, 1.165) is 11.3 Å². The van der Waals surface area contributed by atoms with Crippen LogP contribution in [0.5, 0.6) is 5.75 Å². The molecule has 1 rings (SSSR count). The maximum Gasteiger partial charge on any atom is 0.303 e. The Bertz CT molecular complexity index is 511. The fraction of sp³-hybridized carbons (Fsp3) is 0.500. The third-order valence-electron chi connectivity index (χ3n) is 3.24. The number of carboxylic acid groups (broad SMARTS) is 1. The van der Waals surface area contributed by atoms with E-state index in [1.165, 1.54) is 0 Å². The molecule has 0 fully saturated rings. The monoisotopic (exact) mass is 293 g/mol. The van der Waals surface area contributed by atoms with Gasteiger partial charge in [0.1, 0.15) is 5.75 Å². The number of carbonyl (C=O) groups excluding carboxylic acids is 1. The highest BCUT2D eigenvalue weighted by Crippen LogP contribution is 2.26. The lowest BCUT2D eigenvalue weighted by atomic mass is 9.85. The molecule has 5 heteroatoms. The van der Waals surface area contributed by atoms with E-state index in [1.54, 1.807) is 32.9 Å². The molecule has 0 bridgehead atoms. The Hall–Kier alpha value is -2.04. The first kappa shape index (κ1) is 17.0. The molecule has 1 aromatic carbocycles. The van der Waals surface area contributed by atoms with E-state index in [1.807, 2.05) is 24.3 Å². The van der Waals surface area contributed by atoms with Gasteiger partial charge < -0.3 is 14.7 Å². The number of rotatable bonds is 7. The molecule has 1 N–H and O–H groups in total. The number of carbonyl (C=O) groups is 2. The fourth-order valence-electron chi connectivity index (χ4n) is 2.15. The van der Waals surface area contributed by atoms with Crippen LogP contribution in [0.1, 0.15) is 32.3 Å². The predicted molar refractivity (Wildman–Crippen MR) is 80.1 cm³/mol. The summed E-state index contributed by atoms with van der Waals surface area (Å²) in [7, 11) is 3.32. The van der Waals surface area contributed by atoms with E-state index >= 15 is 0 Å². The van der Waals surface area contributed by atoms with Crippen molar-refractivity contribution in [3.8, 4) is 5.75 Å². The van der Waals surface area contributed by atoms with Crippen molar-refractivity contribution in [2.45, 2.75) is 33.2 Å². The first-order valence-electron chi connectivity index (χ1n) is 6.82. The molecule has 1 amide bonds. The first-order valence-corrected chi connectivity index (χ1v) is 6.82. The lowest BCUT2D eigenvalue weighted by Gasteiger charge is -2.25. The Labute approximate surface area is 125 Å². The number of ether oxygens (including phenoxy) is 1. The smallest absolute Gasteiger partial charge is 0.303 e. The van der Waals surface area contributed by atoms with Crippen LogP contribution in [0.3, 0.4) is 0 Å². The summed E-state index contributed by atoms with van der Waals surface area (Å²) in [4.78, 5) is 24.6. The van der Waals surface area contributed by atoms with Crippen LogP contribution in [0.4, 0.5) is 0 Å². The van der Waals surface area contributed by atoms with Crippen LogP contribution in [0.2, 0.25) is 0 Å². The third kappa shape index (κ3) is 5.85. The molecule has 0 aliphatic heterocycles. The summed E-state index contributed by atoms with van der Waals surface area (Å²) in [5.41, 5.74) is 0.423. The van der Waals surface area contributed by atoms with Crippen molar-refractivity contribution in [3.63, 3.8) is 0 Å². The maximum atomic E-state index is 12.2. The summed E-state index contributed by atoms with van der Waals surface area (Å²) in [5, 5.41) is 8.85. The van der Waals surface area contributed by atoms with E-state index < -0.39 is 11.4 Å². The molecule has 0 unspecified atom stereocenters. The number of aliphatic carboxylic acids is 1. The highest BCUT2D eigenvalue weighted by molar-refractivity contribution is 5.77. The van der Waals surface area contributed by atoms with Gasteiger partial charge in [0, 0.05) is 20.0 Å². The third-order valence-corrected chi connectivity index (χ3v) is 3.24. The summed E-state index contributed by atoms with van der Waals surface area (Å²) in [6, 6.07) is 7.53. The summed E-state index contributed by atoms with van der Waals surface area (Å²) >= 11 is 0. The van der Waals surface area contributed by atoms with Crippen LogP contribution in [-0.4, -0.2) is 36.0 Å². The lowest BCUT2D eigenvalue weighted by Crippen LogP contribution is -2.31. The Morgan fingerprint density at radius 2 is 1.95 bits per heavy atom. The van der Waals surface area contributed by atoms with Crippen molar-refractivity contribution in [1.29, 1.82) is 0 Å². The summed E-state index contributed by atoms with van der Waals surface area (Å²) in [6.07, 6.45) is 0.186. The number of methoxy groups -OCH3 is 1. The molecule has 1 aromatic rings. The number of hydrogen-bond acceptors (Lipinski definition) is 3. The molecule has 0 saturated carbocycles. The van der Waals surface area contributed by atoms with E-state index in [9.17, 15) is 9.59 Å². The van der Waals surface area contributed by atoms with Gasteiger partial charge in [0.05, 0.1) is 13.5 Å². The average molecular weight is 293 g/mol. The minimum atomic E-state index is -0.886. The second-order valence-electron chi connectivity index (χ2n) is 6.01. The van der Waals surface area contributed by atoms with Crippen LogP contribution >= 0.6 is 0 Å². The molecule has 0 aliphatic carbocycles. The molecular weight excluding hydrogens is 270 g/mol. The molecule has 0 aliphatic rings. The molecule has 0 aromatic heterocycles. The normalized spacial score (nSPS) is 11.0. The van der Waals surface area contributed by atoms with Gasteiger partial charge in [-0.3, -0.25) is 9.59 Å². The van der Waals surface area contributed by atoms with E-state index in [4.69, 9.17) is 9.84 Å². The molecule has 0 saturated heterocycles. The Morgan fingerprint density at radius 3 is 2.52 bits per heavy atom. The molecule has 0 heterocycles. The quantitative estimate of drug-likeness (QED) is 0.839. The number of hydrogen-bond donors (Lipinski definition) is 1. The van der Waals surface area contributed by atoms with Gasteiger partial charge in [-0.2, -0.15) is 0 Å². The minimum Gasteiger partial charge on any atom is -0.497 e. The van der Waals surface area contributed by atoms with Crippen LogP contribution < -0.4 is 4.74 Å². The highest BCUT2D eigenvalue weighted by atomic mass is 16.5. The Balaban J connectivity index is 2.64. The van der Waals surface area contributed by atoms with Crippen LogP contribution in [-0.2, 0) is 16.1 Å². The van der Waals surface area contributed by atoms with Crippen molar-refractivity contribution in [3.05, 3.63) is 29.8 Å². The zero-order valence-corrected chi connectivity index (χ0v) is 13.0. The van der Waals surface area contributed by atoms with Gasteiger partial charge in [-0.05, 0) is 23.1 Å². The molecule has 116 valence electrons. The van der Waals surface area contributed by atoms with E-state index in [2.05, 4.69) is 0 Å². The largest absolute Gasteiger partial charge is 0.497 e. The number of nitrogens with zero attached hydrogens (tertiary/aromatic N) is 1. The molecule has 21 heavy (non-hydrogen) atoms.